The smallest absolute Gasteiger partial charge is 0.239 e. The number of aliphatic hydroxyl groups is 1. The molecule has 0 aromatic heterocycles. The summed E-state index contributed by atoms with van der Waals surface area (Å²) in [5.74, 6) is -0.353. The van der Waals surface area contributed by atoms with E-state index in [1.54, 1.807) is 0 Å². The Hall–Kier alpha value is -0.910. The minimum atomic E-state index is -0.854. The van der Waals surface area contributed by atoms with E-state index < -0.39 is 6.04 Å². The molecule has 4 N–H and O–H groups in total. The summed E-state index contributed by atoms with van der Waals surface area (Å²) >= 11 is 3.37. The molecule has 82 valence electrons. The van der Waals surface area contributed by atoms with E-state index in [-0.39, 0.29) is 12.5 Å². The molecule has 0 unspecified atom stereocenters. The van der Waals surface area contributed by atoms with Gasteiger partial charge in [0, 0.05) is 11.0 Å². The first kappa shape index (κ1) is 12.2. The Balaban J connectivity index is 2.51. The number of carbonyl (C=O) groups excluding carboxylic acids is 1. The Kier molecular flexibility index (Phi) is 4.74. The summed E-state index contributed by atoms with van der Waals surface area (Å²) in [4.78, 5) is 11.2. The quantitative estimate of drug-likeness (QED) is 0.742. The van der Waals surface area contributed by atoms with Gasteiger partial charge in [0.1, 0.15) is 6.04 Å². The maximum Gasteiger partial charge on any atom is 0.239 e. The highest BCUT2D eigenvalue weighted by atomic mass is 79.9. The summed E-state index contributed by atoms with van der Waals surface area (Å²) in [5.41, 5.74) is 6.31. The van der Waals surface area contributed by atoms with Gasteiger partial charge < -0.3 is 16.2 Å². The van der Waals surface area contributed by atoms with Crippen molar-refractivity contribution in [1.29, 1.82) is 0 Å². The molecule has 0 heterocycles. The number of halogens is 1. The molecule has 1 aromatic rings. The summed E-state index contributed by atoms with van der Waals surface area (Å²) in [6.07, 6.45) is 0. The minimum Gasteiger partial charge on any atom is -0.394 e. The Labute approximate surface area is 96.6 Å². The largest absolute Gasteiger partial charge is 0.394 e. The first-order chi connectivity index (χ1) is 7.15. The molecule has 15 heavy (non-hydrogen) atoms. The second-order valence-electron chi connectivity index (χ2n) is 3.10. The van der Waals surface area contributed by atoms with Crippen molar-refractivity contribution in [2.24, 2.45) is 5.73 Å². The lowest BCUT2D eigenvalue weighted by atomic mass is 10.2. The van der Waals surface area contributed by atoms with E-state index in [1.165, 1.54) is 0 Å². The zero-order valence-electron chi connectivity index (χ0n) is 8.11. The predicted molar refractivity (Wildman–Crippen MR) is 61.0 cm³/mol. The molecule has 0 saturated carbocycles. The van der Waals surface area contributed by atoms with Crippen molar-refractivity contribution in [3.05, 3.63) is 34.3 Å². The van der Waals surface area contributed by atoms with E-state index in [2.05, 4.69) is 21.2 Å². The van der Waals surface area contributed by atoms with Gasteiger partial charge in [-0.15, -0.1) is 0 Å². The molecule has 0 aliphatic heterocycles. The zero-order valence-corrected chi connectivity index (χ0v) is 9.70. The lowest BCUT2D eigenvalue weighted by Crippen LogP contribution is -2.42. The second kappa shape index (κ2) is 5.85. The van der Waals surface area contributed by atoms with Gasteiger partial charge in [0.2, 0.25) is 5.91 Å². The topological polar surface area (TPSA) is 75.3 Å². The summed E-state index contributed by atoms with van der Waals surface area (Å²) in [5, 5.41) is 11.3. The SMILES string of the molecule is N[C@H](CO)C(=O)NCc1ccccc1Br. The van der Waals surface area contributed by atoms with Crippen LogP contribution < -0.4 is 11.1 Å². The molecule has 0 aliphatic carbocycles. The van der Waals surface area contributed by atoms with E-state index in [4.69, 9.17) is 10.8 Å². The van der Waals surface area contributed by atoms with E-state index in [0.29, 0.717) is 6.54 Å². The van der Waals surface area contributed by atoms with E-state index in [9.17, 15) is 4.79 Å². The van der Waals surface area contributed by atoms with E-state index in [0.717, 1.165) is 10.0 Å². The first-order valence-electron chi connectivity index (χ1n) is 4.52. The zero-order chi connectivity index (χ0) is 11.3. The normalized spacial score (nSPS) is 12.2. The molecule has 1 atom stereocenters. The molecule has 1 rings (SSSR count). The van der Waals surface area contributed by atoms with Crippen LogP contribution in [0.3, 0.4) is 0 Å². The number of amides is 1. The lowest BCUT2D eigenvalue weighted by Gasteiger charge is -2.10. The number of nitrogens with one attached hydrogen (secondary N) is 1. The van der Waals surface area contributed by atoms with Crippen LogP contribution in [-0.4, -0.2) is 23.7 Å². The third-order valence-corrected chi connectivity index (χ3v) is 2.72. The average molecular weight is 273 g/mol. The highest BCUT2D eigenvalue weighted by Gasteiger charge is 2.11. The van der Waals surface area contributed by atoms with Crippen LogP contribution >= 0.6 is 15.9 Å². The van der Waals surface area contributed by atoms with Crippen LogP contribution in [0.1, 0.15) is 5.56 Å². The molecular formula is C10H13BrN2O2. The van der Waals surface area contributed by atoms with Crippen LogP contribution in [0.5, 0.6) is 0 Å². The third-order valence-electron chi connectivity index (χ3n) is 1.94. The summed E-state index contributed by atoms with van der Waals surface area (Å²) < 4.78 is 0.933. The highest BCUT2D eigenvalue weighted by Crippen LogP contribution is 2.15. The van der Waals surface area contributed by atoms with Gasteiger partial charge in [0.15, 0.2) is 0 Å². The maximum absolute atomic E-state index is 11.2. The molecule has 0 bridgehead atoms. The lowest BCUT2D eigenvalue weighted by molar-refractivity contribution is -0.123. The van der Waals surface area contributed by atoms with Crippen LogP contribution in [-0.2, 0) is 11.3 Å². The van der Waals surface area contributed by atoms with Crippen LogP contribution in [0.4, 0.5) is 0 Å². The fourth-order valence-electron chi connectivity index (χ4n) is 1.04. The molecule has 0 fully saturated rings. The van der Waals surface area contributed by atoms with E-state index >= 15 is 0 Å². The van der Waals surface area contributed by atoms with Crippen molar-refractivity contribution in [1.82, 2.24) is 5.32 Å². The Morgan fingerprint density at radius 2 is 2.20 bits per heavy atom. The van der Waals surface area contributed by atoms with Gasteiger partial charge in [0.05, 0.1) is 6.61 Å². The van der Waals surface area contributed by atoms with Crippen molar-refractivity contribution < 1.29 is 9.90 Å². The number of benzene rings is 1. The van der Waals surface area contributed by atoms with Gasteiger partial charge in [-0.25, -0.2) is 0 Å². The second-order valence-corrected chi connectivity index (χ2v) is 3.95. The van der Waals surface area contributed by atoms with Gasteiger partial charge in [-0.05, 0) is 11.6 Å². The van der Waals surface area contributed by atoms with Crippen molar-refractivity contribution >= 4 is 21.8 Å². The molecule has 5 heteroatoms. The third kappa shape index (κ3) is 3.62. The monoisotopic (exact) mass is 272 g/mol. The average Bonchev–Trinajstić information content (AvgIpc) is 2.26. The first-order valence-corrected chi connectivity index (χ1v) is 5.32. The van der Waals surface area contributed by atoms with Crippen LogP contribution in [0.2, 0.25) is 0 Å². The highest BCUT2D eigenvalue weighted by molar-refractivity contribution is 9.10. The Bertz CT molecular complexity index is 344. The van der Waals surface area contributed by atoms with Crippen LogP contribution in [0.25, 0.3) is 0 Å². The van der Waals surface area contributed by atoms with Crippen LogP contribution in [0.15, 0.2) is 28.7 Å². The molecule has 4 nitrogen and oxygen atoms in total. The number of aliphatic hydroxyl groups excluding tert-OH is 1. The standard InChI is InChI=1S/C10H13BrN2O2/c11-8-4-2-1-3-7(8)5-13-10(15)9(12)6-14/h1-4,9,14H,5-6,12H2,(H,13,15)/t9-/m1/s1. The number of carbonyl (C=O) groups is 1. The van der Waals surface area contributed by atoms with Crippen molar-refractivity contribution in [2.75, 3.05) is 6.61 Å². The Morgan fingerprint density at radius 3 is 2.80 bits per heavy atom. The van der Waals surface area contributed by atoms with Crippen molar-refractivity contribution in [2.45, 2.75) is 12.6 Å². The summed E-state index contributed by atoms with van der Waals surface area (Å²) in [7, 11) is 0. The van der Waals surface area contributed by atoms with Crippen LogP contribution in [0, 0.1) is 0 Å². The van der Waals surface area contributed by atoms with Gasteiger partial charge >= 0.3 is 0 Å². The fraction of sp³-hybridized carbons (Fsp3) is 0.300. The fourth-order valence-corrected chi connectivity index (χ4v) is 1.46. The maximum atomic E-state index is 11.2. The van der Waals surface area contributed by atoms with Gasteiger partial charge in [-0.3, -0.25) is 4.79 Å². The van der Waals surface area contributed by atoms with Crippen molar-refractivity contribution in [3.63, 3.8) is 0 Å². The molecule has 0 aliphatic rings. The number of nitrogens with two attached hydrogens (primary N) is 1. The molecule has 0 spiro atoms. The number of hydrogen-bond donors (Lipinski definition) is 3. The van der Waals surface area contributed by atoms with Crippen molar-refractivity contribution in [3.8, 4) is 0 Å². The predicted octanol–water partition coefficient (Wildman–Crippen LogP) is 0.385. The molecule has 0 saturated heterocycles. The minimum absolute atomic E-state index is 0.345. The Morgan fingerprint density at radius 1 is 1.53 bits per heavy atom. The summed E-state index contributed by atoms with van der Waals surface area (Å²) in [6, 6.07) is 6.72. The molecule has 1 aromatic carbocycles. The van der Waals surface area contributed by atoms with Gasteiger partial charge in [-0.2, -0.15) is 0 Å². The summed E-state index contributed by atoms with van der Waals surface area (Å²) in [6.45, 7) is 0.0513. The number of rotatable bonds is 4. The van der Waals surface area contributed by atoms with Gasteiger partial charge in [0.25, 0.3) is 0 Å². The number of hydrogen-bond acceptors (Lipinski definition) is 3. The molecular weight excluding hydrogens is 260 g/mol. The molecule has 0 radical (unpaired) electrons. The van der Waals surface area contributed by atoms with E-state index in [1.807, 2.05) is 24.3 Å². The van der Waals surface area contributed by atoms with Gasteiger partial charge in [-0.1, -0.05) is 34.1 Å². The molecule has 1 amide bonds.